The van der Waals surface area contributed by atoms with Gasteiger partial charge < -0.3 is 0 Å². The maximum absolute atomic E-state index is 12.7. The number of rotatable bonds is 6. The first-order chi connectivity index (χ1) is 13.7. The molecule has 152 valence electrons. The van der Waals surface area contributed by atoms with Gasteiger partial charge >= 0.3 is 0 Å². The van der Waals surface area contributed by atoms with Crippen LogP contribution in [0.5, 0.6) is 0 Å². The standard InChI is InChI=1S/C21H21ClN2O3S2/c1-4-5-14-6-8-15(9-7-14)19-13(2)28-21(23-19)24-20(25)17-12-16(29(3,26)27)10-11-18(17)22/h6-12H,4-5H2,1-3H3,(H,23,24,25). The minimum atomic E-state index is -3.45. The van der Waals surface area contributed by atoms with E-state index in [1.165, 1.54) is 35.1 Å². The second-order valence-corrected chi connectivity index (χ2v) is 10.4. The molecule has 0 atom stereocenters. The van der Waals surface area contributed by atoms with E-state index in [9.17, 15) is 13.2 Å². The largest absolute Gasteiger partial charge is 0.298 e. The van der Waals surface area contributed by atoms with Crippen LogP contribution in [0, 0.1) is 6.92 Å². The molecule has 0 unspecified atom stereocenters. The van der Waals surface area contributed by atoms with Gasteiger partial charge in [-0.3, -0.25) is 10.1 Å². The zero-order chi connectivity index (χ0) is 21.2. The Morgan fingerprint density at radius 2 is 1.86 bits per heavy atom. The molecule has 0 spiro atoms. The van der Waals surface area contributed by atoms with Crippen molar-refractivity contribution < 1.29 is 13.2 Å². The summed E-state index contributed by atoms with van der Waals surface area (Å²) in [5, 5.41) is 3.34. The third-order valence-corrected chi connectivity index (χ3v) is 6.72. The molecule has 1 amide bonds. The van der Waals surface area contributed by atoms with Gasteiger partial charge in [0.05, 0.1) is 21.2 Å². The molecule has 0 fully saturated rings. The Labute approximate surface area is 179 Å². The van der Waals surface area contributed by atoms with Crippen LogP contribution in [0.3, 0.4) is 0 Å². The predicted octanol–water partition coefficient (Wildman–Crippen LogP) is 5.38. The first kappa shape index (κ1) is 21.5. The van der Waals surface area contributed by atoms with Gasteiger partial charge in [0, 0.05) is 16.7 Å². The van der Waals surface area contributed by atoms with Crippen molar-refractivity contribution in [1.29, 1.82) is 0 Å². The average Bonchev–Trinajstić information content (AvgIpc) is 3.02. The third kappa shape index (κ3) is 5.04. The fraction of sp³-hybridized carbons (Fsp3) is 0.238. The second-order valence-electron chi connectivity index (χ2n) is 6.74. The van der Waals surface area contributed by atoms with Crippen molar-refractivity contribution >= 4 is 43.8 Å². The van der Waals surface area contributed by atoms with E-state index in [2.05, 4.69) is 29.4 Å². The van der Waals surface area contributed by atoms with E-state index in [1.807, 2.05) is 19.1 Å². The minimum absolute atomic E-state index is 0.0372. The second kappa shape index (κ2) is 8.65. The quantitative estimate of drug-likeness (QED) is 0.549. The molecule has 0 saturated carbocycles. The number of hydrogen-bond donors (Lipinski definition) is 1. The molecule has 8 heteroatoms. The molecular formula is C21H21ClN2O3S2. The zero-order valence-corrected chi connectivity index (χ0v) is 18.7. The summed E-state index contributed by atoms with van der Waals surface area (Å²) in [4.78, 5) is 18.2. The highest BCUT2D eigenvalue weighted by molar-refractivity contribution is 7.90. The Hall–Kier alpha value is -2.22. The zero-order valence-electron chi connectivity index (χ0n) is 16.3. The summed E-state index contributed by atoms with van der Waals surface area (Å²) in [5.41, 5.74) is 3.16. The number of nitrogens with one attached hydrogen (secondary N) is 1. The van der Waals surface area contributed by atoms with E-state index in [0.717, 1.165) is 35.2 Å². The number of halogens is 1. The normalized spacial score (nSPS) is 11.4. The van der Waals surface area contributed by atoms with Crippen molar-refractivity contribution in [2.75, 3.05) is 11.6 Å². The lowest BCUT2D eigenvalue weighted by atomic mass is 10.1. The number of aryl methyl sites for hydroxylation is 2. The summed E-state index contributed by atoms with van der Waals surface area (Å²) in [6.45, 7) is 4.09. The predicted molar refractivity (Wildman–Crippen MR) is 119 cm³/mol. The number of carbonyl (C=O) groups is 1. The molecule has 0 aliphatic carbocycles. The number of thiazole rings is 1. The van der Waals surface area contributed by atoms with Crippen LogP contribution in [0.25, 0.3) is 11.3 Å². The minimum Gasteiger partial charge on any atom is -0.298 e. The van der Waals surface area contributed by atoms with Crippen molar-refractivity contribution in [2.24, 2.45) is 0 Å². The summed E-state index contributed by atoms with van der Waals surface area (Å²) in [6.07, 6.45) is 3.21. The Balaban J connectivity index is 1.85. The van der Waals surface area contributed by atoms with E-state index < -0.39 is 15.7 Å². The molecule has 1 heterocycles. The topological polar surface area (TPSA) is 76.1 Å². The number of anilines is 1. The van der Waals surface area contributed by atoms with Gasteiger partial charge in [-0.05, 0) is 37.1 Å². The Bertz CT molecular complexity index is 1150. The van der Waals surface area contributed by atoms with Crippen LogP contribution in [0.1, 0.15) is 34.1 Å². The van der Waals surface area contributed by atoms with Gasteiger partial charge in [-0.2, -0.15) is 0 Å². The van der Waals surface area contributed by atoms with Crippen LogP contribution >= 0.6 is 22.9 Å². The summed E-state index contributed by atoms with van der Waals surface area (Å²) in [7, 11) is -3.45. The first-order valence-electron chi connectivity index (χ1n) is 9.06. The monoisotopic (exact) mass is 448 g/mol. The van der Waals surface area contributed by atoms with Gasteiger partial charge in [-0.25, -0.2) is 13.4 Å². The van der Waals surface area contributed by atoms with Crippen molar-refractivity contribution in [3.8, 4) is 11.3 Å². The van der Waals surface area contributed by atoms with Crippen molar-refractivity contribution in [2.45, 2.75) is 31.6 Å². The van der Waals surface area contributed by atoms with E-state index in [4.69, 9.17) is 11.6 Å². The lowest BCUT2D eigenvalue weighted by Crippen LogP contribution is -2.13. The molecule has 1 aromatic heterocycles. The van der Waals surface area contributed by atoms with Gasteiger partial charge in [-0.15, -0.1) is 11.3 Å². The average molecular weight is 449 g/mol. The highest BCUT2D eigenvalue weighted by atomic mass is 35.5. The van der Waals surface area contributed by atoms with Crippen LogP contribution < -0.4 is 5.32 Å². The Kier molecular flexibility index (Phi) is 6.41. The molecule has 3 aromatic rings. The highest BCUT2D eigenvalue weighted by Gasteiger charge is 2.18. The van der Waals surface area contributed by atoms with Crippen molar-refractivity contribution in [3.63, 3.8) is 0 Å². The smallest absolute Gasteiger partial charge is 0.259 e. The first-order valence-corrected chi connectivity index (χ1v) is 12.2. The van der Waals surface area contributed by atoms with E-state index in [0.29, 0.717) is 5.13 Å². The fourth-order valence-electron chi connectivity index (χ4n) is 2.91. The number of aromatic nitrogens is 1. The van der Waals surface area contributed by atoms with Crippen LogP contribution in [-0.4, -0.2) is 25.6 Å². The molecule has 0 aliphatic heterocycles. The van der Waals surface area contributed by atoms with Crippen molar-refractivity contribution in [1.82, 2.24) is 4.98 Å². The van der Waals surface area contributed by atoms with Gasteiger partial charge in [0.2, 0.25) is 0 Å². The van der Waals surface area contributed by atoms with Crippen molar-refractivity contribution in [3.05, 3.63) is 63.5 Å². The SMILES string of the molecule is CCCc1ccc(-c2nc(NC(=O)c3cc(S(C)(=O)=O)ccc3Cl)sc2C)cc1. The molecule has 5 nitrogen and oxygen atoms in total. The molecule has 29 heavy (non-hydrogen) atoms. The molecule has 3 rings (SSSR count). The molecule has 0 aliphatic rings. The third-order valence-electron chi connectivity index (χ3n) is 4.39. The summed E-state index contributed by atoms with van der Waals surface area (Å²) < 4.78 is 23.5. The van der Waals surface area contributed by atoms with Gasteiger partial charge in [-0.1, -0.05) is 49.2 Å². The molecule has 0 bridgehead atoms. The molecule has 1 N–H and O–H groups in total. The van der Waals surface area contributed by atoms with Crippen LogP contribution in [0.4, 0.5) is 5.13 Å². The molecule has 0 radical (unpaired) electrons. The number of nitrogens with zero attached hydrogens (tertiary/aromatic N) is 1. The maximum atomic E-state index is 12.7. The highest BCUT2D eigenvalue weighted by Crippen LogP contribution is 2.31. The fourth-order valence-corrected chi connectivity index (χ4v) is 4.59. The molecule has 0 saturated heterocycles. The number of benzene rings is 2. The van der Waals surface area contributed by atoms with Crippen LogP contribution in [-0.2, 0) is 16.3 Å². The summed E-state index contributed by atoms with van der Waals surface area (Å²) in [6, 6.07) is 12.3. The van der Waals surface area contributed by atoms with Gasteiger partial charge in [0.15, 0.2) is 15.0 Å². The summed E-state index contributed by atoms with van der Waals surface area (Å²) >= 11 is 7.47. The number of hydrogen-bond acceptors (Lipinski definition) is 5. The van der Waals surface area contributed by atoms with Crippen LogP contribution in [0.15, 0.2) is 47.4 Å². The molecular weight excluding hydrogens is 428 g/mol. The van der Waals surface area contributed by atoms with E-state index >= 15 is 0 Å². The lowest BCUT2D eigenvalue weighted by Gasteiger charge is -2.06. The maximum Gasteiger partial charge on any atom is 0.259 e. The van der Waals surface area contributed by atoms with Gasteiger partial charge in [0.1, 0.15) is 0 Å². The number of amides is 1. The van der Waals surface area contributed by atoms with Crippen LogP contribution in [0.2, 0.25) is 5.02 Å². The lowest BCUT2D eigenvalue weighted by molar-refractivity contribution is 0.102. The number of sulfone groups is 1. The van der Waals surface area contributed by atoms with E-state index in [-0.39, 0.29) is 15.5 Å². The number of carbonyl (C=O) groups excluding carboxylic acids is 1. The Morgan fingerprint density at radius 1 is 1.17 bits per heavy atom. The molecule has 2 aromatic carbocycles. The van der Waals surface area contributed by atoms with E-state index in [1.54, 1.807) is 0 Å². The summed E-state index contributed by atoms with van der Waals surface area (Å²) in [5.74, 6) is -0.501. The van der Waals surface area contributed by atoms with Gasteiger partial charge in [0.25, 0.3) is 5.91 Å². The Morgan fingerprint density at radius 3 is 2.48 bits per heavy atom.